The molecule has 2 aliphatic heterocycles. The van der Waals surface area contributed by atoms with Crippen LogP contribution in [0.3, 0.4) is 0 Å². The largest absolute Gasteiger partial charge is 0.491 e. The number of anilines is 1. The number of benzene rings is 2. The monoisotopic (exact) mass is 536 g/mol. The van der Waals surface area contributed by atoms with E-state index in [0.717, 1.165) is 11.1 Å². The van der Waals surface area contributed by atoms with E-state index in [1.807, 2.05) is 30.3 Å². The van der Waals surface area contributed by atoms with Gasteiger partial charge in [0.2, 0.25) is 10.0 Å². The van der Waals surface area contributed by atoms with Gasteiger partial charge in [0, 0.05) is 30.3 Å². The van der Waals surface area contributed by atoms with E-state index in [4.69, 9.17) is 24.4 Å². The van der Waals surface area contributed by atoms with Gasteiger partial charge in [0.25, 0.3) is 0 Å². The number of hydrogen-bond donors (Lipinski definition) is 1. The van der Waals surface area contributed by atoms with Gasteiger partial charge in [0.15, 0.2) is 11.6 Å². The molecule has 0 amide bonds. The SMILES string of the molecule is CN1CCOCCOCCOc2ccccc2-c2coc(c2)-c2nc(cnc2N)-c2ccc(cc2)S1(=O)=O. The lowest BCUT2D eigenvalue weighted by atomic mass is 10.1. The van der Waals surface area contributed by atoms with Crippen LogP contribution in [0.1, 0.15) is 0 Å². The highest BCUT2D eigenvalue weighted by Gasteiger charge is 2.21. The number of nitrogens with zero attached hydrogens (tertiary/aromatic N) is 3. The Bertz CT molecular complexity index is 1500. The number of furan rings is 1. The maximum absolute atomic E-state index is 13.0. The normalized spacial score (nSPS) is 16.9. The molecule has 198 valence electrons. The molecule has 0 aliphatic carbocycles. The van der Waals surface area contributed by atoms with Crippen molar-refractivity contribution in [3.05, 3.63) is 67.1 Å². The van der Waals surface area contributed by atoms with Crippen LogP contribution in [-0.4, -0.2) is 69.3 Å². The number of ether oxygens (including phenoxy) is 3. The van der Waals surface area contributed by atoms with E-state index < -0.39 is 10.0 Å². The second kappa shape index (κ2) is 11.3. The molecule has 0 fully saturated rings. The zero-order chi connectivity index (χ0) is 26.5. The van der Waals surface area contributed by atoms with Crippen LogP contribution in [0.5, 0.6) is 5.75 Å². The number of sulfonamides is 1. The van der Waals surface area contributed by atoms with Gasteiger partial charge in [-0.3, -0.25) is 0 Å². The molecule has 10 nitrogen and oxygen atoms in total. The minimum Gasteiger partial charge on any atom is -0.491 e. The number of nitrogen functional groups attached to an aromatic ring is 1. The van der Waals surface area contributed by atoms with Gasteiger partial charge >= 0.3 is 0 Å². The van der Waals surface area contributed by atoms with Gasteiger partial charge in [0.05, 0.1) is 49.5 Å². The topological polar surface area (TPSA) is 130 Å². The molecule has 4 heterocycles. The molecule has 0 spiro atoms. The van der Waals surface area contributed by atoms with Crippen LogP contribution in [-0.2, 0) is 19.5 Å². The van der Waals surface area contributed by atoms with Gasteiger partial charge < -0.3 is 24.4 Å². The number of rotatable bonds is 0. The van der Waals surface area contributed by atoms with Gasteiger partial charge in [0.1, 0.15) is 18.1 Å². The molecule has 11 heteroatoms. The molecule has 0 radical (unpaired) electrons. The van der Waals surface area contributed by atoms with E-state index in [0.29, 0.717) is 54.9 Å². The van der Waals surface area contributed by atoms with Crippen molar-refractivity contribution in [2.75, 3.05) is 52.4 Å². The van der Waals surface area contributed by atoms with Gasteiger partial charge in [-0.25, -0.2) is 18.4 Å². The summed E-state index contributed by atoms with van der Waals surface area (Å²) < 4.78 is 50.2. The van der Waals surface area contributed by atoms with Crippen molar-refractivity contribution in [2.24, 2.45) is 0 Å². The van der Waals surface area contributed by atoms with Crippen molar-refractivity contribution in [1.82, 2.24) is 14.3 Å². The summed E-state index contributed by atoms with van der Waals surface area (Å²) in [6.45, 7) is 1.89. The molecule has 6 rings (SSSR count). The summed E-state index contributed by atoms with van der Waals surface area (Å²) in [7, 11) is -2.16. The van der Waals surface area contributed by atoms with Crippen LogP contribution in [0.15, 0.2) is 76.4 Å². The lowest BCUT2D eigenvalue weighted by Gasteiger charge is -2.17. The fourth-order valence-corrected chi connectivity index (χ4v) is 5.13. The van der Waals surface area contributed by atoms with Crippen LogP contribution in [0, 0.1) is 0 Å². The van der Waals surface area contributed by atoms with Gasteiger partial charge in [-0.05, 0) is 24.3 Å². The second-order valence-electron chi connectivity index (χ2n) is 8.61. The van der Waals surface area contributed by atoms with Crippen LogP contribution in [0.2, 0.25) is 0 Å². The zero-order valence-electron chi connectivity index (χ0n) is 20.9. The fourth-order valence-electron chi connectivity index (χ4n) is 3.97. The summed E-state index contributed by atoms with van der Waals surface area (Å²) in [6.07, 6.45) is 3.16. The van der Waals surface area contributed by atoms with Crippen LogP contribution < -0.4 is 10.5 Å². The molecule has 0 atom stereocenters. The fraction of sp³-hybridized carbons (Fsp3) is 0.259. The number of fused-ring (bicyclic) bond motifs is 12. The average molecular weight is 537 g/mol. The van der Waals surface area contributed by atoms with E-state index in [1.165, 1.54) is 11.4 Å². The molecule has 2 N–H and O–H groups in total. The predicted octanol–water partition coefficient (Wildman–Crippen LogP) is 3.70. The van der Waals surface area contributed by atoms with E-state index in [-0.39, 0.29) is 23.9 Å². The smallest absolute Gasteiger partial charge is 0.242 e. The maximum Gasteiger partial charge on any atom is 0.242 e. The molecule has 2 aliphatic rings. The summed E-state index contributed by atoms with van der Waals surface area (Å²) in [4.78, 5) is 9.14. The van der Waals surface area contributed by atoms with Crippen molar-refractivity contribution in [3.8, 4) is 39.6 Å². The highest BCUT2D eigenvalue weighted by molar-refractivity contribution is 7.89. The molecule has 38 heavy (non-hydrogen) atoms. The standard InChI is InChI=1S/C27H28N4O6S/c1-31-10-11-34-12-13-35-14-15-36-24-5-3-2-4-22(24)20-16-25(37-18-20)26-27(28)29-17-23(30-26)19-6-8-21(9-7-19)38(31,32)33/h2-9,16-18H,10-15H2,1H3,(H2,28,29). The highest BCUT2D eigenvalue weighted by atomic mass is 32.2. The van der Waals surface area contributed by atoms with Crippen molar-refractivity contribution in [1.29, 1.82) is 0 Å². The molecule has 0 saturated heterocycles. The Kier molecular flexibility index (Phi) is 7.70. The minimum atomic E-state index is -3.68. The second-order valence-corrected chi connectivity index (χ2v) is 10.7. The van der Waals surface area contributed by atoms with Crippen molar-refractivity contribution in [3.63, 3.8) is 0 Å². The Morgan fingerprint density at radius 3 is 2.47 bits per heavy atom. The van der Waals surface area contributed by atoms with Crippen molar-refractivity contribution in [2.45, 2.75) is 4.90 Å². The van der Waals surface area contributed by atoms with E-state index in [9.17, 15) is 8.42 Å². The number of nitrogens with two attached hydrogens (primary N) is 1. The number of para-hydroxylation sites is 1. The number of aromatic nitrogens is 2. The zero-order valence-corrected chi connectivity index (χ0v) is 21.7. The third-order valence-electron chi connectivity index (χ3n) is 6.10. The lowest BCUT2D eigenvalue weighted by Crippen LogP contribution is -2.30. The third kappa shape index (κ3) is 5.55. The third-order valence-corrected chi connectivity index (χ3v) is 7.97. The molecule has 0 unspecified atom stereocenters. The van der Waals surface area contributed by atoms with Crippen molar-refractivity contribution >= 4 is 15.8 Å². The van der Waals surface area contributed by atoms with E-state index >= 15 is 0 Å². The van der Waals surface area contributed by atoms with Crippen LogP contribution in [0.4, 0.5) is 5.82 Å². The summed E-state index contributed by atoms with van der Waals surface area (Å²) in [5.74, 6) is 1.35. The molecule has 6 bridgehead atoms. The molecule has 4 aromatic rings. The molecule has 2 aromatic carbocycles. The Hall–Kier alpha value is -3.77. The summed E-state index contributed by atoms with van der Waals surface area (Å²) in [6, 6.07) is 16.0. The van der Waals surface area contributed by atoms with Gasteiger partial charge in [-0.2, -0.15) is 4.31 Å². The van der Waals surface area contributed by atoms with E-state index in [1.54, 1.807) is 36.7 Å². The molecule has 0 saturated carbocycles. The molecule has 2 aromatic heterocycles. The summed E-state index contributed by atoms with van der Waals surface area (Å²) >= 11 is 0. The quantitative estimate of drug-likeness (QED) is 0.334. The van der Waals surface area contributed by atoms with Crippen molar-refractivity contribution < 1.29 is 27.0 Å². The maximum atomic E-state index is 13.0. The first-order chi connectivity index (χ1) is 18.4. The van der Waals surface area contributed by atoms with E-state index in [2.05, 4.69) is 9.97 Å². The lowest BCUT2D eigenvalue weighted by molar-refractivity contribution is 0.0348. The summed E-state index contributed by atoms with van der Waals surface area (Å²) in [5, 5.41) is 0. The predicted molar refractivity (Wildman–Crippen MR) is 142 cm³/mol. The Labute approximate surface area is 221 Å². The molecular formula is C27H28N4O6S. The van der Waals surface area contributed by atoms with Crippen LogP contribution in [0.25, 0.3) is 33.8 Å². The number of likely N-dealkylation sites (N-methyl/N-ethyl adjacent to an activating group) is 1. The first-order valence-corrected chi connectivity index (χ1v) is 13.5. The van der Waals surface area contributed by atoms with Gasteiger partial charge in [-0.15, -0.1) is 0 Å². The Balaban J connectivity index is 1.51. The Morgan fingerprint density at radius 1 is 0.921 bits per heavy atom. The highest BCUT2D eigenvalue weighted by Crippen LogP contribution is 2.35. The first kappa shape index (κ1) is 25.9. The van der Waals surface area contributed by atoms with Crippen LogP contribution >= 0.6 is 0 Å². The molecular weight excluding hydrogens is 508 g/mol. The summed E-state index contributed by atoms with van der Waals surface area (Å²) in [5.41, 5.74) is 9.41. The Morgan fingerprint density at radius 2 is 1.66 bits per heavy atom. The first-order valence-electron chi connectivity index (χ1n) is 12.1. The minimum absolute atomic E-state index is 0.170. The average Bonchev–Trinajstić information content (AvgIpc) is 3.42. The van der Waals surface area contributed by atoms with Gasteiger partial charge in [-0.1, -0.05) is 30.3 Å². The number of hydrogen-bond acceptors (Lipinski definition) is 9.